The van der Waals surface area contributed by atoms with Gasteiger partial charge < -0.3 is 10.2 Å². The number of guanidine groups is 1. The molecule has 0 spiro atoms. The highest BCUT2D eigenvalue weighted by molar-refractivity contribution is 6.42. The first-order valence-electron chi connectivity index (χ1n) is 10.6. The van der Waals surface area contributed by atoms with E-state index in [9.17, 15) is 4.79 Å². The van der Waals surface area contributed by atoms with Crippen molar-refractivity contribution in [1.29, 1.82) is 0 Å². The number of amides is 1. The highest BCUT2D eigenvalue weighted by Crippen LogP contribution is 2.40. The maximum Gasteiger partial charge on any atom is 0.246 e. The Morgan fingerprint density at radius 1 is 1.19 bits per heavy atom. The number of halogens is 1. The van der Waals surface area contributed by atoms with E-state index in [1.807, 2.05) is 32.4 Å². The number of rotatable bonds is 2. The number of aliphatic imine (C=N–C) groups is 1. The molecule has 6 rings (SSSR count). The second kappa shape index (κ2) is 6.61. The van der Waals surface area contributed by atoms with Gasteiger partial charge in [0.1, 0.15) is 5.92 Å². The van der Waals surface area contributed by atoms with Gasteiger partial charge in [-0.05, 0) is 38.4 Å². The largest absolute Gasteiger partial charge is 0.335 e. The summed E-state index contributed by atoms with van der Waals surface area (Å²) < 4.78 is 1.72. The number of likely N-dealkylation sites (N-methyl/N-ethyl adjacent to an activating group) is 1. The fourth-order valence-corrected chi connectivity index (χ4v) is 5.86. The van der Waals surface area contributed by atoms with Crippen molar-refractivity contribution in [2.24, 2.45) is 28.2 Å². The van der Waals surface area contributed by atoms with Gasteiger partial charge in [0.05, 0.1) is 16.3 Å². The molecule has 2 aromatic rings. The minimum Gasteiger partial charge on any atom is -0.335 e. The first kappa shape index (κ1) is 18.9. The summed E-state index contributed by atoms with van der Waals surface area (Å²) in [6, 6.07) is 4.93. The first-order valence-corrected chi connectivity index (χ1v) is 10.9. The minimum absolute atomic E-state index is 0.0744. The number of carbonyl (C=O) groups excluding carboxylic acids is 1. The lowest BCUT2D eigenvalue weighted by Gasteiger charge is -2.36. The van der Waals surface area contributed by atoms with Crippen LogP contribution in [0.2, 0.25) is 5.02 Å². The summed E-state index contributed by atoms with van der Waals surface area (Å²) in [6.07, 6.45) is 5.17. The number of hydrogen-bond donors (Lipinski definition) is 1. The van der Waals surface area contributed by atoms with E-state index in [0.29, 0.717) is 46.2 Å². The Labute approximate surface area is 184 Å². The standard InChI is InChI=1S/C21H23ClN8O/c1-23-14-8-10-4-7-15(14)30(10)21-24-19-16(20(31)29(21)3)18(25-26-19)11-5-6-13-12(17(11)22)9-28(2)27-13/h5-6,9-10,14-16,23H,4,7-8H2,1-3H3/t10-,14+,15+,16?/m0/s1. The van der Waals surface area contributed by atoms with E-state index in [0.717, 1.165) is 30.2 Å². The predicted octanol–water partition coefficient (Wildman–Crippen LogP) is 1.61. The van der Waals surface area contributed by atoms with Crippen LogP contribution in [0.3, 0.4) is 0 Å². The van der Waals surface area contributed by atoms with E-state index in [1.54, 1.807) is 16.6 Å². The number of fused-ring (bicyclic) bond motifs is 4. The van der Waals surface area contributed by atoms with Crippen molar-refractivity contribution in [3.05, 3.63) is 28.9 Å². The fraction of sp³-hybridized carbons (Fsp3) is 0.476. The molecule has 0 radical (unpaired) electrons. The van der Waals surface area contributed by atoms with Crippen LogP contribution in [-0.4, -0.2) is 75.2 Å². The number of aryl methyl sites for hydroxylation is 1. The molecule has 1 N–H and O–H groups in total. The van der Waals surface area contributed by atoms with Gasteiger partial charge in [0.15, 0.2) is 5.84 Å². The molecule has 31 heavy (non-hydrogen) atoms. The maximum atomic E-state index is 13.5. The van der Waals surface area contributed by atoms with Gasteiger partial charge in [-0.15, -0.1) is 5.10 Å². The van der Waals surface area contributed by atoms with Crippen LogP contribution in [0, 0.1) is 5.92 Å². The van der Waals surface area contributed by atoms with Crippen LogP contribution >= 0.6 is 11.6 Å². The van der Waals surface area contributed by atoms with Gasteiger partial charge in [0.2, 0.25) is 11.9 Å². The third-order valence-electron chi connectivity index (χ3n) is 7.04. The Balaban J connectivity index is 1.37. The maximum absolute atomic E-state index is 13.5. The molecule has 0 aliphatic carbocycles. The molecule has 4 atom stereocenters. The van der Waals surface area contributed by atoms with Crippen molar-refractivity contribution in [3.63, 3.8) is 0 Å². The SMILES string of the molecule is CN[C@@H]1C[C@@H]2CC[C@H]1N2C1=NC2=NN=C(c3ccc4nn(C)cc4c3Cl)C2C(=O)N1C. The van der Waals surface area contributed by atoms with Crippen LogP contribution in [0.4, 0.5) is 0 Å². The zero-order valence-electron chi connectivity index (χ0n) is 17.6. The Kier molecular flexibility index (Phi) is 4.04. The second-order valence-corrected chi connectivity index (χ2v) is 9.06. The van der Waals surface area contributed by atoms with E-state index in [-0.39, 0.29) is 5.91 Å². The molecule has 10 heteroatoms. The average molecular weight is 439 g/mol. The smallest absolute Gasteiger partial charge is 0.246 e. The molecule has 2 bridgehead atoms. The van der Waals surface area contributed by atoms with Gasteiger partial charge in [-0.3, -0.25) is 14.4 Å². The summed E-state index contributed by atoms with van der Waals surface area (Å²) in [4.78, 5) is 22.3. The van der Waals surface area contributed by atoms with Crippen molar-refractivity contribution in [2.75, 3.05) is 14.1 Å². The Bertz CT molecular complexity index is 1210. The summed E-state index contributed by atoms with van der Waals surface area (Å²) in [5.74, 6) is 0.425. The highest BCUT2D eigenvalue weighted by Gasteiger charge is 2.51. The van der Waals surface area contributed by atoms with Crippen molar-refractivity contribution in [3.8, 4) is 0 Å². The predicted molar refractivity (Wildman–Crippen MR) is 120 cm³/mol. The lowest BCUT2D eigenvalue weighted by molar-refractivity contribution is -0.127. The fourth-order valence-electron chi connectivity index (χ4n) is 5.55. The summed E-state index contributed by atoms with van der Waals surface area (Å²) in [6.45, 7) is 0. The molecule has 5 heterocycles. The van der Waals surface area contributed by atoms with Gasteiger partial charge in [0, 0.05) is 49.4 Å². The molecule has 4 aliphatic heterocycles. The number of hydrogen-bond acceptors (Lipinski definition) is 7. The van der Waals surface area contributed by atoms with Crippen LogP contribution in [0.25, 0.3) is 10.9 Å². The van der Waals surface area contributed by atoms with E-state index < -0.39 is 5.92 Å². The second-order valence-electron chi connectivity index (χ2n) is 8.68. The summed E-state index contributed by atoms with van der Waals surface area (Å²) in [5, 5.41) is 17.8. The molecule has 2 fully saturated rings. The molecule has 0 saturated carbocycles. The van der Waals surface area contributed by atoms with Gasteiger partial charge in [0.25, 0.3) is 0 Å². The van der Waals surface area contributed by atoms with Crippen molar-refractivity contribution >= 4 is 45.9 Å². The monoisotopic (exact) mass is 438 g/mol. The summed E-state index contributed by atoms with van der Waals surface area (Å²) in [5.41, 5.74) is 2.04. The van der Waals surface area contributed by atoms with E-state index in [4.69, 9.17) is 16.6 Å². The molecular weight excluding hydrogens is 416 g/mol. The molecule has 2 saturated heterocycles. The van der Waals surface area contributed by atoms with Crippen molar-refractivity contribution < 1.29 is 4.79 Å². The zero-order valence-corrected chi connectivity index (χ0v) is 18.3. The van der Waals surface area contributed by atoms with Crippen LogP contribution in [0.1, 0.15) is 24.8 Å². The molecule has 1 amide bonds. The Morgan fingerprint density at radius 2 is 2.03 bits per heavy atom. The van der Waals surface area contributed by atoms with E-state index in [1.165, 1.54) is 0 Å². The Hall–Kier alpha value is -2.78. The van der Waals surface area contributed by atoms with Gasteiger partial charge in [-0.1, -0.05) is 11.6 Å². The van der Waals surface area contributed by atoms with Gasteiger partial charge in [-0.25, -0.2) is 0 Å². The quantitative estimate of drug-likeness (QED) is 0.771. The van der Waals surface area contributed by atoms with Crippen LogP contribution in [-0.2, 0) is 11.8 Å². The van der Waals surface area contributed by atoms with Crippen molar-refractivity contribution in [1.82, 2.24) is 24.9 Å². The highest BCUT2D eigenvalue weighted by atomic mass is 35.5. The third-order valence-corrected chi connectivity index (χ3v) is 7.44. The molecule has 1 aromatic heterocycles. The molecule has 1 unspecified atom stereocenters. The van der Waals surface area contributed by atoms with Crippen molar-refractivity contribution in [2.45, 2.75) is 37.4 Å². The molecular formula is C21H23ClN8O. The summed E-state index contributed by atoms with van der Waals surface area (Å²) in [7, 11) is 5.65. The van der Waals surface area contributed by atoms with E-state index in [2.05, 4.69) is 25.5 Å². The molecule has 1 aromatic carbocycles. The summed E-state index contributed by atoms with van der Waals surface area (Å²) >= 11 is 6.70. The van der Waals surface area contributed by atoms with Gasteiger partial charge >= 0.3 is 0 Å². The van der Waals surface area contributed by atoms with Crippen LogP contribution < -0.4 is 5.32 Å². The molecule has 4 aliphatic rings. The zero-order chi connectivity index (χ0) is 21.4. The number of aromatic nitrogens is 2. The Morgan fingerprint density at radius 3 is 2.81 bits per heavy atom. The van der Waals surface area contributed by atoms with Crippen LogP contribution in [0.5, 0.6) is 0 Å². The van der Waals surface area contributed by atoms with Gasteiger partial charge in [-0.2, -0.15) is 15.2 Å². The lowest BCUT2D eigenvalue weighted by atomic mass is 9.93. The normalized spacial score (nSPS) is 29.5. The average Bonchev–Trinajstić information content (AvgIpc) is 3.52. The number of nitrogens with zero attached hydrogens (tertiary/aromatic N) is 7. The lowest BCUT2D eigenvalue weighted by Crippen LogP contribution is -2.55. The molecule has 9 nitrogen and oxygen atoms in total. The number of carbonyl (C=O) groups is 1. The van der Waals surface area contributed by atoms with E-state index >= 15 is 0 Å². The first-order chi connectivity index (χ1) is 15.0. The van der Waals surface area contributed by atoms with Crippen LogP contribution in [0.15, 0.2) is 33.5 Å². The minimum atomic E-state index is -0.638. The number of benzene rings is 1. The number of nitrogens with one attached hydrogen (secondary N) is 1. The third kappa shape index (κ3) is 2.56. The molecule has 160 valence electrons. The topological polar surface area (TPSA) is 90.5 Å². The number of amidine groups is 1.